The Bertz CT molecular complexity index is 608. The molecular formula is C19H26N2O2. The Morgan fingerprint density at radius 1 is 1.30 bits per heavy atom. The van der Waals surface area contributed by atoms with E-state index in [1.165, 1.54) is 5.56 Å². The Labute approximate surface area is 138 Å². The van der Waals surface area contributed by atoms with Gasteiger partial charge in [-0.05, 0) is 63.2 Å². The molecule has 0 radical (unpaired) electrons. The fraction of sp³-hybridized carbons (Fsp3) is 0.368. The summed E-state index contributed by atoms with van der Waals surface area (Å²) in [5.74, 6) is 1.10. The molecule has 4 heteroatoms. The highest BCUT2D eigenvalue weighted by Gasteiger charge is 2.06. The number of hydrogen-bond donors (Lipinski definition) is 1. The number of aromatic nitrogens is 1. The van der Waals surface area contributed by atoms with Crippen molar-refractivity contribution in [1.29, 1.82) is 0 Å². The van der Waals surface area contributed by atoms with Crippen molar-refractivity contribution in [2.24, 2.45) is 0 Å². The van der Waals surface area contributed by atoms with Gasteiger partial charge in [0.15, 0.2) is 0 Å². The maximum absolute atomic E-state index is 10.5. The van der Waals surface area contributed by atoms with E-state index in [4.69, 9.17) is 4.74 Å². The van der Waals surface area contributed by atoms with Gasteiger partial charge in [-0.25, -0.2) is 0 Å². The molecule has 0 aliphatic heterocycles. The van der Waals surface area contributed by atoms with Crippen LogP contribution in [0.15, 0.2) is 42.6 Å². The highest BCUT2D eigenvalue weighted by molar-refractivity contribution is 5.81. The second-order valence-electron chi connectivity index (χ2n) is 5.26. The predicted molar refractivity (Wildman–Crippen MR) is 94.8 cm³/mol. The van der Waals surface area contributed by atoms with Crippen molar-refractivity contribution in [3.8, 4) is 17.0 Å². The number of rotatable bonds is 5. The number of likely N-dealkylation sites (N-methyl/N-ethyl adjacent to an activating group) is 1. The van der Waals surface area contributed by atoms with Crippen LogP contribution in [0, 0.1) is 6.92 Å². The zero-order valence-electron chi connectivity index (χ0n) is 14.6. The monoisotopic (exact) mass is 314 g/mol. The number of ether oxygens (including phenoxy) is 1. The van der Waals surface area contributed by atoms with Crippen LogP contribution < -0.4 is 10.1 Å². The van der Waals surface area contributed by atoms with E-state index < -0.39 is 0 Å². The lowest BCUT2D eigenvalue weighted by molar-refractivity contribution is -0.118. The number of nitrogens with one attached hydrogen (secondary N) is 1. The first-order valence-electron chi connectivity index (χ1n) is 7.77. The van der Waals surface area contributed by atoms with E-state index in [-0.39, 0.29) is 11.8 Å². The molecule has 23 heavy (non-hydrogen) atoms. The topological polar surface area (TPSA) is 51.2 Å². The Kier molecular flexibility index (Phi) is 7.98. The lowest BCUT2D eigenvalue weighted by atomic mass is 10.1. The van der Waals surface area contributed by atoms with Gasteiger partial charge in [0.1, 0.15) is 11.5 Å². The van der Waals surface area contributed by atoms with Crippen molar-refractivity contribution in [3.05, 3.63) is 48.2 Å². The van der Waals surface area contributed by atoms with E-state index in [0.29, 0.717) is 0 Å². The third kappa shape index (κ3) is 5.83. The molecule has 0 saturated carbocycles. The number of pyridine rings is 1. The molecule has 1 heterocycles. The first kappa shape index (κ1) is 18.8. The van der Waals surface area contributed by atoms with Crippen LogP contribution in [0.25, 0.3) is 11.3 Å². The number of carbonyl (C=O) groups excluding carboxylic acids is 1. The van der Waals surface area contributed by atoms with Crippen LogP contribution in [-0.4, -0.2) is 31.0 Å². The van der Waals surface area contributed by atoms with Crippen LogP contribution >= 0.6 is 0 Å². The number of benzene rings is 1. The van der Waals surface area contributed by atoms with Crippen molar-refractivity contribution in [3.63, 3.8) is 0 Å². The van der Waals surface area contributed by atoms with Gasteiger partial charge in [-0.15, -0.1) is 0 Å². The third-order valence-corrected chi connectivity index (χ3v) is 3.62. The van der Waals surface area contributed by atoms with Crippen molar-refractivity contribution >= 4 is 5.78 Å². The zero-order valence-corrected chi connectivity index (χ0v) is 14.6. The lowest BCUT2D eigenvalue weighted by Crippen LogP contribution is -2.31. The highest BCUT2D eigenvalue weighted by atomic mass is 16.5. The summed E-state index contributed by atoms with van der Waals surface area (Å²) in [6.45, 7) is 5.65. The number of methoxy groups -OCH3 is 1. The largest absolute Gasteiger partial charge is 0.497 e. The first-order chi connectivity index (χ1) is 11.0. The quantitative estimate of drug-likeness (QED) is 0.915. The molecule has 0 bridgehead atoms. The van der Waals surface area contributed by atoms with Crippen LogP contribution in [0.4, 0.5) is 0 Å². The van der Waals surface area contributed by atoms with Gasteiger partial charge in [-0.1, -0.05) is 13.0 Å². The van der Waals surface area contributed by atoms with Crippen LogP contribution in [0.5, 0.6) is 5.75 Å². The summed E-state index contributed by atoms with van der Waals surface area (Å²) in [6, 6.07) is 12.0. The van der Waals surface area contributed by atoms with E-state index in [0.717, 1.165) is 23.4 Å². The molecule has 1 aromatic heterocycles. The molecule has 0 saturated heterocycles. The number of ketones is 1. The van der Waals surface area contributed by atoms with Gasteiger partial charge in [-0.2, -0.15) is 0 Å². The number of nitrogens with zero attached hydrogens (tertiary/aromatic N) is 1. The molecule has 0 spiro atoms. The molecule has 4 nitrogen and oxygen atoms in total. The van der Waals surface area contributed by atoms with Gasteiger partial charge >= 0.3 is 0 Å². The summed E-state index contributed by atoms with van der Waals surface area (Å²) in [7, 11) is 3.48. The van der Waals surface area contributed by atoms with E-state index in [1.54, 1.807) is 27.3 Å². The molecule has 0 aliphatic rings. The molecule has 2 rings (SSSR count). The maximum atomic E-state index is 10.5. The van der Waals surface area contributed by atoms with Gasteiger partial charge in [-0.3, -0.25) is 9.78 Å². The highest BCUT2D eigenvalue weighted by Crippen LogP contribution is 2.24. The van der Waals surface area contributed by atoms with Crippen LogP contribution in [-0.2, 0) is 4.79 Å². The Balaban J connectivity index is 0.000000284. The maximum Gasteiger partial charge on any atom is 0.146 e. The molecule has 2 aromatic rings. The van der Waals surface area contributed by atoms with E-state index in [2.05, 4.69) is 17.2 Å². The van der Waals surface area contributed by atoms with Gasteiger partial charge in [0.2, 0.25) is 0 Å². The number of carbonyl (C=O) groups is 1. The minimum atomic E-state index is 0.0648. The third-order valence-electron chi connectivity index (χ3n) is 3.62. The molecule has 0 fully saturated rings. The summed E-state index contributed by atoms with van der Waals surface area (Å²) in [5.41, 5.74) is 3.32. The summed E-state index contributed by atoms with van der Waals surface area (Å²) < 4.78 is 5.17. The predicted octanol–water partition coefficient (Wildman–Crippen LogP) is 3.64. The number of aryl methyl sites for hydroxylation is 1. The Morgan fingerprint density at radius 2 is 2.04 bits per heavy atom. The fourth-order valence-corrected chi connectivity index (χ4v) is 2.27. The van der Waals surface area contributed by atoms with Crippen LogP contribution in [0.1, 0.15) is 25.8 Å². The van der Waals surface area contributed by atoms with Crippen molar-refractivity contribution < 1.29 is 9.53 Å². The number of Topliss-reactive ketones (excluding diaryl/α,β-unsaturated/α-hetero) is 1. The molecule has 0 amide bonds. The average Bonchev–Trinajstić information content (AvgIpc) is 2.57. The van der Waals surface area contributed by atoms with Crippen molar-refractivity contribution in [1.82, 2.24) is 10.3 Å². The fourth-order valence-electron chi connectivity index (χ4n) is 2.27. The smallest absolute Gasteiger partial charge is 0.146 e. The molecule has 124 valence electrons. The molecule has 1 N–H and O–H groups in total. The first-order valence-corrected chi connectivity index (χ1v) is 7.77. The molecular weight excluding hydrogens is 288 g/mol. The van der Waals surface area contributed by atoms with Gasteiger partial charge < -0.3 is 10.1 Å². The second kappa shape index (κ2) is 9.74. The summed E-state index contributed by atoms with van der Waals surface area (Å²) >= 11 is 0. The van der Waals surface area contributed by atoms with E-state index >= 15 is 0 Å². The molecule has 0 aliphatic carbocycles. The van der Waals surface area contributed by atoms with E-state index in [9.17, 15) is 4.79 Å². The molecule has 1 aromatic carbocycles. The Hall–Kier alpha value is -2.20. The summed E-state index contributed by atoms with van der Waals surface area (Å²) in [4.78, 5) is 14.9. The normalized spacial score (nSPS) is 11.2. The van der Waals surface area contributed by atoms with Gasteiger partial charge in [0, 0.05) is 11.8 Å². The van der Waals surface area contributed by atoms with Gasteiger partial charge in [0.25, 0.3) is 0 Å². The van der Waals surface area contributed by atoms with Crippen LogP contribution in [0.3, 0.4) is 0 Å². The average molecular weight is 314 g/mol. The van der Waals surface area contributed by atoms with Crippen molar-refractivity contribution in [2.75, 3.05) is 14.2 Å². The number of hydrogen-bond acceptors (Lipinski definition) is 4. The van der Waals surface area contributed by atoms with E-state index in [1.807, 2.05) is 43.3 Å². The summed E-state index contributed by atoms with van der Waals surface area (Å²) in [5, 5.41) is 2.90. The molecule has 1 atom stereocenters. The second-order valence-corrected chi connectivity index (χ2v) is 5.26. The zero-order chi connectivity index (χ0) is 17.2. The molecule has 0 unspecified atom stereocenters. The SMILES string of the molecule is CC[C@H](NC)C(C)=O.COc1ccc(-c2ccccn2)c(C)c1. The minimum absolute atomic E-state index is 0.0648. The standard InChI is InChI=1S/C13H13NO.C6H13NO/c1-10-9-11(15-2)6-7-12(10)13-5-3-4-8-14-13;1-4-6(7-3)5(2)8/h3-9H,1-2H3;6-7H,4H2,1-3H3/t;6-/m.0/s1. The Morgan fingerprint density at radius 3 is 2.43 bits per heavy atom. The lowest BCUT2D eigenvalue weighted by Gasteiger charge is -2.07. The minimum Gasteiger partial charge on any atom is -0.497 e. The van der Waals surface area contributed by atoms with Gasteiger partial charge in [0.05, 0.1) is 18.8 Å². The van der Waals surface area contributed by atoms with Crippen molar-refractivity contribution in [2.45, 2.75) is 33.2 Å². The summed E-state index contributed by atoms with van der Waals surface area (Å²) in [6.07, 6.45) is 2.69. The van der Waals surface area contributed by atoms with Crippen LogP contribution in [0.2, 0.25) is 0 Å².